The summed E-state index contributed by atoms with van der Waals surface area (Å²) in [5.74, 6) is 0.270. The van der Waals surface area contributed by atoms with Crippen molar-refractivity contribution in [2.75, 3.05) is 11.4 Å². The van der Waals surface area contributed by atoms with E-state index >= 15 is 0 Å². The van der Waals surface area contributed by atoms with Crippen LogP contribution in [0.5, 0.6) is 0 Å². The number of nitrogens with zero attached hydrogens (tertiary/aromatic N) is 1. The first-order valence-corrected chi connectivity index (χ1v) is 5.52. The molecule has 1 aromatic carbocycles. The maximum absolute atomic E-state index is 11.0. The Morgan fingerprint density at radius 3 is 2.93 bits per heavy atom. The van der Waals surface area contributed by atoms with Crippen LogP contribution in [0.25, 0.3) is 0 Å². The van der Waals surface area contributed by atoms with E-state index in [9.17, 15) is 4.79 Å². The fraction of sp³-hybridized carbons (Fsp3) is 0.462. The molecule has 15 heavy (non-hydrogen) atoms. The summed E-state index contributed by atoms with van der Waals surface area (Å²) in [6.45, 7) is 4.74. The lowest BCUT2D eigenvalue weighted by atomic mass is 10.1. The van der Waals surface area contributed by atoms with Crippen LogP contribution in [0.1, 0.15) is 25.8 Å². The predicted molar refractivity (Wildman–Crippen MR) is 62.3 cm³/mol. The highest BCUT2D eigenvalue weighted by molar-refractivity contribution is 5.76. The molecule has 0 radical (unpaired) electrons. The van der Waals surface area contributed by atoms with Crippen LogP contribution in [0.15, 0.2) is 24.3 Å². The van der Waals surface area contributed by atoms with Crippen molar-refractivity contribution < 1.29 is 4.79 Å². The second-order valence-corrected chi connectivity index (χ2v) is 4.33. The minimum Gasteiger partial charge on any atom is -0.368 e. The summed E-state index contributed by atoms with van der Waals surface area (Å²) in [4.78, 5) is 13.3. The minimum atomic E-state index is 0.270. The molecule has 1 aliphatic heterocycles. The van der Waals surface area contributed by atoms with E-state index in [1.807, 2.05) is 0 Å². The summed E-state index contributed by atoms with van der Waals surface area (Å²) < 4.78 is 0. The number of carbonyl (C=O) groups is 1. The summed E-state index contributed by atoms with van der Waals surface area (Å²) in [7, 11) is 0. The molecular formula is C13H17NO. The molecule has 0 spiro atoms. The number of hydrogen-bond acceptors (Lipinski definition) is 2. The summed E-state index contributed by atoms with van der Waals surface area (Å²) in [5.41, 5.74) is 2.72. The van der Waals surface area contributed by atoms with E-state index in [0.717, 1.165) is 13.0 Å². The van der Waals surface area contributed by atoms with E-state index in [4.69, 9.17) is 0 Å². The zero-order chi connectivity index (χ0) is 10.8. The molecule has 0 saturated heterocycles. The van der Waals surface area contributed by atoms with Crippen LogP contribution in [0.2, 0.25) is 0 Å². The topological polar surface area (TPSA) is 20.3 Å². The first-order chi connectivity index (χ1) is 7.18. The maximum atomic E-state index is 11.0. The van der Waals surface area contributed by atoms with Crippen LogP contribution in [-0.2, 0) is 11.2 Å². The Labute approximate surface area is 90.9 Å². The quantitative estimate of drug-likeness (QED) is 0.752. The molecule has 0 N–H and O–H groups in total. The molecule has 2 nitrogen and oxygen atoms in total. The van der Waals surface area contributed by atoms with E-state index in [-0.39, 0.29) is 5.78 Å². The van der Waals surface area contributed by atoms with Crippen molar-refractivity contribution in [3.63, 3.8) is 0 Å². The van der Waals surface area contributed by atoms with Crippen molar-refractivity contribution in [1.82, 2.24) is 0 Å². The zero-order valence-corrected chi connectivity index (χ0v) is 9.36. The van der Waals surface area contributed by atoms with E-state index in [2.05, 4.69) is 36.1 Å². The standard InChI is InChI=1S/C13H17NO/c1-10-9-12-5-3-4-6-13(12)14(10)8-7-11(2)15/h3-6,10H,7-9H2,1-2H3. The molecule has 2 heteroatoms. The monoisotopic (exact) mass is 203 g/mol. The lowest BCUT2D eigenvalue weighted by Crippen LogP contribution is -2.31. The molecule has 2 rings (SSSR count). The molecule has 0 saturated carbocycles. The highest BCUT2D eigenvalue weighted by Gasteiger charge is 2.24. The maximum Gasteiger partial charge on any atom is 0.131 e. The molecule has 1 aliphatic rings. The fourth-order valence-electron chi connectivity index (χ4n) is 2.25. The number of rotatable bonds is 3. The average molecular weight is 203 g/mol. The van der Waals surface area contributed by atoms with Gasteiger partial charge in [0.25, 0.3) is 0 Å². The Balaban J connectivity index is 2.15. The Kier molecular flexibility index (Phi) is 2.76. The number of benzene rings is 1. The van der Waals surface area contributed by atoms with Gasteiger partial charge in [-0.25, -0.2) is 0 Å². The highest BCUT2D eigenvalue weighted by Crippen LogP contribution is 2.31. The predicted octanol–water partition coefficient (Wildman–Crippen LogP) is 2.42. The Bertz CT molecular complexity index is 373. The van der Waals surface area contributed by atoms with Gasteiger partial charge in [-0.15, -0.1) is 0 Å². The molecule has 0 bridgehead atoms. The molecule has 0 aliphatic carbocycles. The van der Waals surface area contributed by atoms with Gasteiger partial charge in [0, 0.05) is 24.7 Å². The molecule has 0 amide bonds. The molecule has 1 unspecified atom stereocenters. The van der Waals surface area contributed by atoms with E-state index in [1.54, 1.807) is 6.92 Å². The van der Waals surface area contributed by atoms with E-state index in [1.165, 1.54) is 11.3 Å². The van der Waals surface area contributed by atoms with Gasteiger partial charge in [-0.1, -0.05) is 18.2 Å². The third kappa shape index (κ3) is 2.04. The number of fused-ring (bicyclic) bond motifs is 1. The van der Waals surface area contributed by atoms with Crippen molar-refractivity contribution in [1.29, 1.82) is 0 Å². The lowest BCUT2D eigenvalue weighted by molar-refractivity contribution is -0.116. The van der Waals surface area contributed by atoms with Gasteiger partial charge in [-0.05, 0) is 31.9 Å². The number of Topliss-reactive ketones (excluding diaryl/α,β-unsaturated/α-hetero) is 1. The first kappa shape index (κ1) is 10.2. The minimum absolute atomic E-state index is 0.270. The van der Waals surface area contributed by atoms with Gasteiger partial charge in [0.15, 0.2) is 0 Å². The van der Waals surface area contributed by atoms with Crippen LogP contribution < -0.4 is 4.90 Å². The Morgan fingerprint density at radius 2 is 2.20 bits per heavy atom. The molecule has 1 aromatic rings. The largest absolute Gasteiger partial charge is 0.368 e. The molecule has 0 fully saturated rings. The molecular weight excluding hydrogens is 186 g/mol. The molecule has 1 heterocycles. The SMILES string of the molecule is CC(=O)CCN1c2ccccc2CC1C. The van der Waals surface area contributed by atoms with Crippen LogP contribution in [0, 0.1) is 0 Å². The van der Waals surface area contributed by atoms with Gasteiger partial charge in [0.05, 0.1) is 0 Å². The highest BCUT2D eigenvalue weighted by atomic mass is 16.1. The molecule has 1 atom stereocenters. The van der Waals surface area contributed by atoms with Gasteiger partial charge in [-0.2, -0.15) is 0 Å². The van der Waals surface area contributed by atoms with Gasteiger partial charge >= 0.3 is 0 Å². The van der Waals surface area contributed by atoms with Gasteiger partial charge in [-0.3, -0.25) is 4.79 Å². The summed E-state index contributed by atoms with van der Waals surface area (Å²) in [5, 5.41) is 0. The number of hydrogen-bond donors (Lipinski definition) is 0. The van der Waals surface area contributed by atoms with E-state index < -0.39 is 0 Å². The number of carbonyl (C=O) groups excluding carboxylic acids is 1. The average Bonchev–Trinajstić information content (AvgIpc) is 2.50. The Morgan fingerprint density at radius 1 is 1.47 bits per heavy atom. The Hall–Kier alpha value is -1.31. The van der Waals surface area contributed by atoms with Crippen molar-refractivity contribution in [3.05, 3.63) is 29.8 Å². The normalized spacial score (nSPS) is 19.1. The second-order valence-electron chi connectivity index (χ2n) is 4.33. The first-order valence-electron chi connectivity index (χ1n) is 5.52. The summed E-state index contributed by atoms with van der Waals surface area (Å²) in [6, 6.07) is 9.01. The van der Waals surface area contributed by atoms with Gasteiger partial charge < -0.3 is 4.90 Å². The molecule has 80 valence electrons. The van der Waals surface area contributed by atoms with Crippen LogP contribution in [-0.4, -0.2) is 18.4 Å². The fourth-order valence-corrected chi connectivity index (χ4v) is 2.25. The molecule has 0 aromatic heterocycles. The third-order valence-electron chi connectivity index (χ3n) is 3.05. The lowest BCUT2D eigenvalue weighted by Gasteiger charge is -2.24. The zero-order valence-electron chi connectivity index (χ0n) is 9.36. The smallest absolute Gasteiger partial charge is 0.131 e. The van der Waals surface area contributed by atoms with Crippen LogP contribution in [0.4, 0.5) is 5.69 Å². The van der Waals surface area contributed by atoms with Crippen LogP contribution in [0.3, 0.4) is 0 Å². The van der Waals surface area contributed by atoms with Crippen LogP contribution >= 0.6 is 0 Å². The van der Waals surface area contributed by atoms with Crippen molar-refractivity contribution >= 4 is 11.5 Å². The number of para-hydroxylation sites is 1. The summed E-state index contributed by atoms with van der Waals surface area (Å²) in [6.07, 6.45) is 1.76. The van der Waals surface area contributed by atoms with Gasteiger partial charge in [0.2, 0.25) is 0 Å². The number of anilines is 1. The summed E-state index contributed by atoms with van der Waals surface area (Å²) >= 11 is 0. The second kappa shape index (κ2) is 4.05. The van der Waals surface area contributed by atoms with Crippen molar-refractivity contribution in [2.24, 2.45) is 0 Å². The van der Waals surface area contributed by atoms with E-state index in [0.29, 0.717) is 12.5 Å². The van der Waals surface area contributed by atoms with Gasteiger partial charge in [0.1, 0.15) is 5.78 Å². The van der Waals surface area contributed by atoms with Crippen molar-refractivity contribution in [2.45, 2.75) is 32.7 Å². The third-order valence-corrected chi connectivity index (χ3v) is 3.05. The number of ketones is 1. The van der Waals surface area contributed by atoms with Crippen molar-refractivity contribution in [3.8, 4) is 0 Å².